The quantitative estimate of drug-likeness (QED) is 0.800. The molecule has 5 nitrogen and oxygen atoms in total. The van der Waals surface area contributed by atoms with E-state index in [9.17, 15) is 4.79 Å². The lowest BCUT2D eigenvalue weighted by atomic mass is 9.54. The van der Waals surface area contributed by atoms with Crippen molar-refractivity contribution in [2.45, 2.75) is 58.7 Å². The first-order valence-electron chi connectivity index (χ1n) is 7.85. The van der Waals surface area contributed by atoms with Gasteiger partial charge in [-0.05, 0) is 13.3 Å². The van der Waals surface area contributed by atoms with Crippen molar-refractivity contribution in [1.82, 2.24) is 9.88 Å². The average Bonchev–Trinajstić information content (AvgIpc) is 2.93. The number of halogens is 2. The van der Waals surface area contributed by atoms with Crippen molar-refractivity contribution in [3.05, 3.63) is 16.1 Å². The molecule has 24 heavy (non-hydrogen) atoms. The van der Waals surface area contributed by atoms with Gasteiger partial charge < -0.3 is 15.4 Å². The van der Waals surface area contributed by atoms with Crippen LogP contribution in [0.3, 0.4) is 0 Å². The van der Waals surface area contributed by atoms with E-state index in [4.69, 9.17) is 10.5 Å². The van der Waals surface area contributed by atoms with Crippen molar-refractivity contribution >= 4 is 42.1 Å². The zero-order chi connectivity index (χ0) is 16.5. The first kappa shape index (κ1) is 23.6. The SMILES string of the molecule is CCOC1CC(N)(C(=O)N(C)Cc2ncc(CC)s2)C1(C)C.Cl.Cl. The van der Waals surface area contributed by atoms with Crippen molar-refractivity contribution in [1.29, 1.82) is 0 Å². The molecule has 1 saturated carbocycles. The molecular weight excluding hydrogens is 369 g/mol. The summed E-state index contributed by atoms with van der Waals surface area (Å²) >= 11 is 1.65. The van der Waals surface area contributed by atoms with Crippen molar-refractivity contribution in [2.75, 3.05) is 13.7 Å². The Hall–Kier alpha value is -0.400. The molecule has 2 rings (SSSR count). The van der Waals surface area contributed by atoms with Gasteiger partial charge in [0.2, 0.25) is 5.91 Å². The van der Waals surface area contributed by atoms with Gasteiger partial charge in [0, 0.05) is 36.6 Å². The highest BCUT2D eigenvalue weighted by atomic mass is 35.5. The molecule has 140 valence electrons. The van der Waals surface area contributed by atoms with Gasteiger partial charge in [-0.3, -0.25) is 4.79 Å². The summed E-state index contributed by atoms with van der Waals surface area (Å²) in [5.41, 5.74) is 5.23. The molecule has 0 spiro atoms. The summed E-state index contributed by atoms with van der Waals surface area (Å²) in [7, 11) is 1.80. The van der Waals surface area contributed by atoms with Gasteiger partial charge in [-0.25, -0.2) is 4.98 Å². The van der Waals surface area contributed by atoms with Gasteiger partial charge in [-0.1, -0.05) is 20.8 Å². The highest BCUT2D eigenvalue weighted by molar-refractivity contribution is 7.11. The third-order valence-electron chi connectivity index (χ3n) is 4.88. The van der Waals surface area contributed by atoms with Crippen LogP contribution in [0.5, 0.6) is 0 Å². The first-order valence-corrected chi connectivity index (χ1v) is 8.67. The molecule has 2 N–H and O–H groups in total. The maximum Gasteiger partial charge on any atom is 0.243 e. The fraction of sp³-hybridized carbons (Fsp3) is 0.750. The number of amides is 1. The molecular formula is C16H29Cl2N3O2S. The highest BCUT2D eigenvalue weighted by Crippen LogP contribution is 2.50. The molecule has 0 bridgehead atoms. The van der Waals surface area contributed by atoms with E-state index >= 15 is 0 Å². The molecule has 0 radical (unpaired) electrons. The fourth-order valence-electron chi connectivity index (χ4n) is 3.00. The summed E-state index contributed by atoms with van der Waals surface area (Å²) in [5.74, 6) is -0.0262. The number of carbonyl (C=O) groups is 1. The fourth-order valence-corrected chi connectivity index (χ4v) is 3.91. The molecule has 0 aliphatic heterocycles. The Labute approximate surface area is 161 Å². The van der Waals surface area contributed by atoms with Crippen molar-refractivity contribution in [3.8, 4) is 0 Å². The number of aryl methyl sites for hydroxylation is 1. The van der Waals surface area contributed by atoms with Crippen LogP contribution in [0.4, 0.5) is 0 Å². The Morgan fingerprint density at radius 2 is 2.08 bits per heavy atom. The molecule has 1 aliphatic rings. The average molecular weight is 398 g/mol. The number of carbonyl (C=O) groups excluding carboxylic acids is 1. The Balaban J connectivity index is 0.00000264. The zero-order valence-electron chi connectivity index (χ0n) is 15.0. The summed E-state index contributed by atoms with van der Waals surface area (Å²) in [4.78, 5) is 20.1. The molecule has 1 aliphatic carbocycles. The lowest BCUT2D eigenvalue weighted by Gasteiger charge is -2.58. The smallest absolute Gasteiger partial charge is 0.243 e. The first-order chi connectivity index (χ1) is 10.3. The number of hydrogen-bond donors (Lipinski definition) is 1. The molecule has 1 heterocycles. The van der Waals surface area contributed by atoms with E-state index in [1.54, 1.807) is 23.3 Å². The van der Waals surface area contributed by atoms with Gasteiger partial charge in [-0.15, -0.1) is 36.2 Å². The van der Waals surface area contributed by atoms with Gasteiger partial charge in [0.1, 0.15) is 10.5 Å². The Morgan fingerprint density at radius 3 is 2.54 bits per heavy atom. The number of ether oxygens (including phenoxy) is 1. The number of rotatable bonds is 6. The minimum Gasteiger partial charge on any atom is -0.378 e. The van der Waals surface area contributed by atoms with E-state index in [2.05, 4.69) is 11.9 Å². The minimum absolute atomic E-state index is 0. The number of likely N-dealkylation sites (N-methyl/N-ethyl adjacent to an activating group) is 1. The van der Waals surface area contributed by atoms with Gasteiger partial charge in [-0.2, -0.15) is 0 Å². The Morgan fingerprint density at radius 1 is 1.46 bits per heavy atom. The van der Waals surface area contributed by atoms with Crippen LogP contribution in [0, 0.1) is 5.41 Å². The van der Waals surface area contributed by atoms with Crippen LogP contribution in [-0.4, -0.2) is 41.1 Å². The number of thiazole rings is 1. The topological polar surface area (TPSA) is 68.5 Å². The molecule has 2 unspecified atom stereocenters. The van der Waals surface area contributed by atoms with Crippen LogP contribution >= 0.6 is 36.2 Å². The predicted octanol–water partition coefficient (Wildman–Crippen LogP) is 3.04. The number of nitrogens with two attached hydrogens (primary N) is 1. The maximum atomic E-state index is 12.8. The molecule has 0 aromatic carbocycles. The summed E-state index contributed by atoms with van der Waals surface area (Å²) < 4.78 is 5.69. The number of hydrogen-bond acceptors (Lipinski definition) is 5. The Bertz CT molecular complexity index is 553. The number of aromatic nitrogens is 1. The third kappa shape index (κ3) is 4.05. The van der Waals surface area contributed by atoms with Gasteiger partial charge >= 0.3 is 0 Å². The highest BCUT2D eigenvalue weighted by Gasteiger charge is 2.63. The molecule has 1 aromatic rings. The lowest BCUT2D eigenvalue weighted by molar-refractivity contribution is -0.178. The molecule has 1 fully saturated rings. The zero-order valence-corrected chi connectivity index (χ0v) is 17.4. The van der Waals surface area contributed by atoms with E-state index in [1.807, 2.05) is 27.0 Å². The summed E-state index contributed by atoms with van der Waals surface area (Å²) in [6, 6.07) is 0. The standard InChI is InChI=1S/C16H27N3O2S.2ClH/c1-6-11-9-18-13(22-11)10-19(5)14(20)16(17)8-12(21-7-2)15(16,3)4;;/h9,12H,6-8,10,17H2,1-5H3;2*1H. The summed E-state index contributed by atoms with van der Waals surface area (Å²) in [6.07, 6.45) is 3.48. The maximum absolute atomic E-state index is 12.8. The predicted molar refractivity (Wildman–Crippen MR) is 103 cm³/mol. The van der Waals surface area contributed by atoms with Crippen molar-refractivity contribution in [2.24, 2.45) is 11.1 Å². The summed E-state index contributed by atoms with van der Waals surface area (Å²) in [6.45, 7) is 9.26. The lowest BCUT2D eigenvalue weighted by Crippen LogP contribution is -2.75. The molecule has 0 saturated heterocycles. The van der Waals surface area contributed by atoms with Crippen LogP contribution in [0.25, 0.3) is 0 Å². The van der Waals surface area contributed by atoms with Gasteiger partial charge in [0.05, 0.1) is 12.6 Å². The van der Waals surface area contributed by atoms with Crippen molar-refractivity contribution < 1.29 is 9.53 Å². The molecule has 1 aromatic heterocycles. The largest absolute Gasteiger partial charge is 0.378 e. The second kappa shape index (κ2) is 8.81. The molecule has 8 heteroatoms. The second-order valence-corrected chi connectivity index (χ2v) is 7.78. The monoisotopic (exact) mass is 397 g/mol. The van der Waals surface area contributed by atoms with Crippen LogP contribution < -0.4 is 5.73 Å². The summed E-state index contributed by atoms with van der Waals surface area (Å²) in [5, 5.41) is 0.954. The van der Waals surface area contributed by atoms with E-state index < -0.39 is 5.54 Å². The van der Waals surface area contributed by atoms with Gasteiger partial charge in [0.15, 0.2) is 0 Å². The second-order valence-electron chi connectivity index (χ2n) is 6.58. The van der Waals surface area contributed by atoms with E-state index in [-0.39, 0.29) is 42.2 Å². The van der Waals surface area contributed by atoms with Gasteiger partial charge in [0.25, 0.3) is 0 Å². The van der Waals surface area contributed by atoms with E-state index in [0.717, 1.165) is 11.4 Å². The van der Waals surface area contributed by atoms with E-state index in [0.29, 0.717) is 19.6 Å². The van der Waals surface area contributed by atoms with Crippen LogP contribution in [0.2, 0.25) is 0 Å². The van der Waals surface area contributed by atoms with Crippen LogP contribution in [0.15, 0.2) is 6.20 Å². The van der Waals surface area contributed by atoms with E-state index in [1.165, 1.54) is 4.88 Å². The van der Waals surface area contributed by atoms with Crippen LogP contribution in [-0.2, 0) is 22.5 Å². The Kier molecular flexibility index (Phi) is 8.66. The third-order valence-corrected chi connectivity index (χ3v) is 6.01. The van der Waals surface area contributed by atoms with Crippen LogP contribution in [0.1, 0.15) is 44.0 Å². The minimum atomic E-state index is -0.855. The van der Waals surface area contributed by atoms with Crippen molar-refractivity contribution in [3.63, 3.8) is 0 Å². The number of nitrogens with zero attached hydrogens (tertiary/aromatic N) is 2. The normalized spacial score (nSPS) is 24.3. The molecule has 2 atom stereocenters. The molecule has 1 amide bonds.